The highest BCUT2D eigenvalue weighted by molar-refractivity contribution is 7.92. The molecular weight excluding hydrogens is 268 g/mol. The molecule has 0 bridgehead atoms. The molecule has 0 aliphatic heterocycles. The summed E-state index contributed by atoms with van der Waals surface area (Å²) < 4.78 is 26.8. The Morgan fingerprint density at radius 3 is 2.75 bits per heavy atom. The summed E-state index contributed by atoms with van der Waals surface area (Å²) in [5.74, 6) is 0. The van der Waals surface area contributed by atoms with E-state index in [0.29, 0.717) is 16.3 Å². The average molecular weight is 275 g/mol. The SMILES string of the molecule is CS(=O)(=O)c1snnc1-c1cccc(Cl)c1. The first-order valence-corrected chi connectivity index (χ1v) is 7.31. The first kappa shape index (κ1) is 11.5. The normalized spacial score (nSPS) is 11.6. The van der Waals surface area contributed by atoms with Crippen LogP contribution in [0.1, 0.15) is 0 Å². The van der Waals surface area contributed by atoms with Crippen molar-refractivity contribution >= 4 is 33.0 Å². The molecule has 0 radical (unpaired) electrons. The van der Waals surface area contributed by atoms with Gasteiger partial charge in [-0.3, -0.25) is 0 Å². The zero-order valence-electron chi connectivity index (χ0n) is 8.21. The zero-order valence-corrected chi connectivity index (χ0v) is 10.6. The van der Waals surface area contributed by atoms with E-state index in [1.165, 1.54) is 0 Å². The van der Waals surface area contributed by atoms with Crippen LogP contribution in [0.5, 0.6) is 0 Å². The smallest absolute Gasteiger partial charge is 0.188 e. The topological polar surface area (TPSA) is 59.9 Å². The number of sulfone groups is 1. The molecule has 84 valence electrons. The van der Waals surface area contributed by atoms with E-state index in [4.69, 9.17) is 11.6 Å². The fraction of sp³-hybridized carbons (Fsp3) is 0.111. The lowest BCUT2D eigenvalue weighted by molar-refractivity contribution is 0.604. The molecule has 2 rings (SSSR count). The number of benzene rings is 1. The number of rotatable bonds is 2. The molecule has 0 N–H and O–H groups in total. The number of aromatic nitrogens is 2. The van der Waals surface area contributed by atoms with Crippen LogP contribution in [0.2, 0.25) is 5.02 Å². The van der Waals surface area contributed by atoms with Crippen LogP contribution in [-0.2, 0) is 9.84 Å². The van der Waals surface area contributed by atoms with Gasteiger partial charge in [0.25, 0.3) is 0 Å². The second-order valence-electron chi connectivity index (χ2n) is 3.19. The molecule has 7 heteroatoms. The van der Waals surface area contributed by atoms with Crippen LogP contribution in [0.25, 0.3) is 11.3 Å². The van der Waals surface area contributed by atoms with Gasteiger partial charge in [-0.15, -0.1) is 5.10 Å². The van der Waals surface area contributed by atoms with Crippen molar-refractivity contribution in [3.8, 4) is 11.3 Å². The molecule has 0 atom stereocenters. The Kier molecular flexibility index (Phi) is 2.96. The van der Waals surface area contributed by atoms with E-state index in [0.717, 1.165) is 17.8 Å². The summed E-state index contributed by atoms with van der Waals surface area (Å²) in [7, 11) is -3.30. The van der Waals surface area contributed by atoms with Gasteiger partial charge in [0.15, 0.2) is 14.0 Å². The quantitative estimate of drug-likeness (QED) is 0.843. The second kappa shape index (κ2) is 4.12. The van der Waals surface area contributed by atoms with Gasteiger partial charge in [0, 0.05) is 28.4 Å². The van der Waals surface area contributed by atoms with Crippen molar-refractivity contribution in [3.63, 3.8) is 0 Å². The van der Waals surface area contributed by atoms with Crippen molar-refractivity contribution in [2.24, 2.45) is 0 Å². The van der Waals surface area contributed by atoms with Gasteiger partial charge in [-0.1, -0.05) is 28.2 Å². The van der Waals surface area contributed by atoms with E-state index in [1.54, 1.807) is 24.3 Å². The third-order valence-corrected chi connectivity index (χ3v) is 4.65. The van der Waals surface area contributed by atoms with Crippen LogP contribution in [0.3, 0.4) is 0 Å². The van der Waals surface area contributed by atoms with Crippen molar-refractivity contribution in [2.45, 2.75) is 4.21 Å². The van der Waals surface area contributed by atoms with Crippen LogP contribution in [0, 0.1) is 0 Å². The molecule has 0 aliphatic rings. The number of hydrogen-bond donors (Lipinski definition) is 0. The number of nitrogens with zero attached hydrogens (tertiary/aromatic N) is 2. The molecule has 16 heavy (non-hydrogen) atoms. The van der Waals surface area contributed by atoms with Crippen LogP contribution >= 0.6 is 23.1 Å². The van der Waals surface area contributed by atoms with Crippen molar-refractivity contribution < 1.29 is 8.42 Å². The molecule has 2 aromatic rings. The molecule has 0 saturated heterocycles. The van der Waals surface area contributed by atoms with Gasteiger partial charge in [-0.25, -0.2) is 8.42 Å². The van der Waals surface area contributed by atoms with Crippen LogP contribution in [-0.4, -0.2) is 24.3 Å². The fourth-order valence-electron chi connectivity index (χ4n) is 1.24. The van der Waals surface area contributed by atoms with E-state index < -0.39 is 9.84 Å². The Labute approximate surface area is 102 Å². The second-order valence-corrected chi connectivity index (χ2v) is 6.59. The maximum atomic E-state index is 11.5. The Balaban J connectivity index is 2.62. The predicted octanol–water partition coefficient (Wildman–Crippen LogP) is 2.26. The summed E-state index contributed by atoms with van der Waals surface area (Å²) >= 11 is 6.70. The molecule has 1 heterocycles. The molecule has 1 aromatic heterocycles. The maximum absolute atomic E-state index is 11.5. The summed E-state index contributed by atoms with van der Waals surface area (Å²) in [5, 5.41) is 4.36. The first-order chi connectivity index (χ1) is 7.48. The Morgan fingerprint density at radius 1 is 1.38 bits per heavy atom. The standard InChI is InChI=1S/C9H7ClN2O2S2/c1-16(13,14)9-8(11-12-15-9)6-3-2-4-7(10)5-6/h2-5H,1H3. The molecule has 0 unspecified atom stereocenters. The van der Waals surface area contributed by atoms with E-state index in [9.17, 15) is 8.42 Å². The van der Waals surface area contributed by atoms with Crippen LogP contribution < -0.4 is 0 Å². The highest BCUT2D eigenvalue weighted by Crippen LogP contribution is 2.29. The molecule has 0 fully saturated rings. The summed E-state index contributed by atoms with van der Waals surface area (Å²) in [6.07, 6.45) is 1.14. The minimum absolute atomic E-state index is 0.162. The van der Waals surface area contributed by atoms with E-state index in [-0.39, 0.29) is 4.21 Å². The first-order valence-electron chi connectivity index (χ1n) is 4.27. The van der Waals surface area contributed by atoms with Crippen molar-refractivity contribution in [1.29, 1.82) is 0 Å². The third kappa shape index (κ3) is 2.23. The molecular formula is C9H7ClN2O2S2. The van der Waals surface area contributed by atoms with Crippen LogP contribution in [0.4, 0.5) is 0 Å². The lowest BCUT2D eigenvalue weighted by Crippen LogP contribution is -1.96. The van der Waals surface area contributed by atoms with E-state index >= 15 is 0 Å². The molecule has 0 amide bonds. The summed E-state index contributed by atoms with van der Waals surface area (Å²) in [4.78, 5) is 0. The Morgan fingerprint density at radius 2 is 2.12 bits per heavy atom. The van der Waals surface area contributed by atoms with Gasteiger partial charge in [0.1, 0.15) is 5.69 Å². The maximum Gasteiger partial charge on any atom is 0.188 e. The van der Waals surface area contributed by atoms with Crippen molar-refractivity contribution in [3.05, 3.63) is 29.3 Å². The van der Waals surface area contributed by atoms with Crippen molar-refractivity contribution in [1.82, 2.24) is 9.59 Å². The van der Waals surface area contributed by atoms with Crippen LogP contribution in [0.15, 0.2) is 28.5 Å². The van der Waals surface area contributed by atoms with Gasteiger partial charge >= 0.3 is 0 Å². The summed E-state index contributed by atoms with van der Waals surface area (Å²) in [6.45, 7) is 0. The molecule has 0 saturated carbocycles. The highest BCUT2D eigenvalue weighted by atomic mass is 35.5. The lowest BCUT2D eigenvalue weighted by Gasteiger charge is -1.99. The van der Waals surface area contributed by atoms with Gasteiger partial charge in [0.05, 0.1) is 0 Å². The third-order valence-electron chi connectivity index (χ3n) is 1.89. The number of halogens is 1. The fourth-order valence-corrected chi connectivity index (χ4v) is 3.02. The zero-order chi connectivity index (χ0) is 11.8. The minimum Gasteiger partial charge on any atom is -0.223 e. The lowest BCUT2D eigenvalue weighted by atomic mass is 10.2. The average Bonchev–Trinajstić information content (AvgIpc) is 2.65. The van der Waals surface area contributed by atoms with Gasteiger partial charge in [-0.05, 0) is 12.1 Å². The number of hydrogen-bond acceptors (Lipinski definition) is 5. The molecule has 0 spiro atoms. The Hall–Kier alpha value is -0.980. The predicted molar refractivity (Wildman–Crippen MR) is 63.5 cm³/mol. The minimum atomic E-state index is -3.30. The van der Waals surface area contributed by atoms with Crippen molar-refractivity contribution in [2.75, 3.05) is 6.26 Å². The van der Waals surface area contributed by atoms with E-state index in [2.05, 4.69) is 9.59 Å². The molecule has 1 aromatic carbocycles. The molecule has 0 aliphatic carbocycles. The summed E-state index contributed by atoms with van der Waals surface area (Å²) in [5.41, 5.74) is 1.01. The summed E-state index contributed by atoms with van der Waals surface area (Å²) in [6, 6.07) is 6.86. The highest BCUT2D eigenvalue weighted by Gasteiger charge is 2.19. The van der Waals surface area contributed by atoms with Gasteiger partial charge in [0.2, 0.25) is 0 Å². The van der Waals surface area contributed by atoms with Gasteiger partial charge < -0.3 is 0 Å². The monoisotopic (exact) mass is 274 g/mol. The van der Waals surface area contributed by atoms with Gasteiger partial charge in [-0.2, -0.15) is 0 Å². The van der Waals surface area contributed by atoms with E-state index in [1.807, 2.05) is 0 Å². The largest absolute Gasteiger partial charge is 0.223 e. The molecule has 4 nitrogen and oxygen atoms in total. The Bertz CT molecular complexity index is 622.